The normalized spacial score (nSPS) is 10.8. The second kappa shape index (κ2) is 7.62. The van der Waals surface area contributed by atoms with E-state index in [2.05, 4.69) is 10.3 Å². The first kappa shape index (κ1) is 15.3. The van der Waals surface area contributed by atoms with Gasteiger partial charge in [-0.15, -0.1) is 0 Å². The molecule has 1 heterocycles. The van der Waals surface area contributed by atoms with Crippen molar-refractivity contribution in [2.45, 2.75) is 26.7 Å². The standard InChI is InChI=1S/C17H22N2O2/c1-3-13(4-2)17(20)19-10-11-21-15-7-8-16-14(12-15)6-5-9-18-16/h5-9,12-13H,3-4,10-11H2,1-2H3,(H,19,20). The van der Waals surface area contributed by atoms with Gasteiger partial charge < -0.3 is 10.1 Å². The van der Waals surface area contributed by atoms with Crippen molar-refractivity contribution >= 4 is 16.8 Å². The molecule has 1 aromatic carbocycles. The van der Waals surface area contributed by atoms with Crippen LogP contribution >= 0.6 is 0 Å². The number of hydrogen-bond acceptors (Lipinski definition) is 3. The molecule has 0 aliphatic carbocycles. The van der Waals surface area contributed by atoms with E-state index < -0.39 is 0 Å². The number of ether oxygens (including phenoxy) is 1. The number of nitrogens with one attached hydrogen (secondary N) is 1. The average Bonchev–Trinajstić information content (AvgIpc) is 2.52. The second-order valence-electron chi connectivity index (χ2n) is 5.01. The number of carbonyl (C=O) groups is 1. The van der Waals surface area contributed by atoms with E-state index in [-0.39, 0.29) is 11.8 Å². The SMILES string of the molecule is CCC(CC)C(=O)NCCOc1ccc2ncccc2c1. The Hall–Kier alpha value is -2.10. The van der Waals surface area contributed by atoms with Crippen LogP contribution in [0.15, 0.2) is 36.5 Å². The van der Waals surface area contributed by atoms with Crippen LogP contribution in [0.4, 0.5) is 0 Å². The summed E-state index contributed by atoms with van der Waals surface area (Å²) < 4.78 is 5.67. The first-order valence-electron chi connectivity index (χ1n) is 7.50. The van der Waals surface area contributed by atoms with Crippen LogP contribution in [0.2, 0.25) is 0 Å². The van der Waals surface area contributed by atoms with Crippen LogP contribution in [-0.4, -0.2) is 24.0 Å². The fourth-order valence-corrected chi connectivity index (χ4v) is 2.29. The fourth-order valence-electron chi connectivity index (χ4n) is 2.29. The van der Waals surface area contributed by atoms with Crippen molar-refractivity contribution in [3.8, 4) is 5.75 Å². The Morgan fingerprint density at radius 1 is 1.29 bits per heavy atom. The van der Waals surface area contributed by atoms with E-state index in [4.69, 9.17) is 4.74 Å². The number of aromatic nitrogens is 1. The minimum Gasteiger partial charge on any atom is -0.492 e. The number of rotatable bonds is 7. The van der Waals surface area contributed by atoms with Gasteiger partial charge in [-0.3, -0.25) is 9.78 Å². The van der Waals surface area contributed by atoms with Crippen LogP contribution in [0.1, 0.15) is 26.7 Å². The van der Waals surface area contributed by atoms with Crippen LogP contribution < -0.4 is 10.1 Å². The molecule has 4 nitrogen and oxygen atoms in total. The highest BCUT2D eigenvalue weighted by molar-refractivity contribution is 5.80. The van der Waals surface area contributed by atoms with E-state index >= 15 is 0 Å². The zero-order chi connectivity index (χ0) is 15.1. The van der Waals surface area contributed by atoms with E-state index in [0.29, 0.717) is 13.2 Å². The first-order valence-corrected chi connectivity index (χ1v) is 7.50. The van der Waals surface area contributed by atoms with Gasteiger partial charge in [-0.05, 0) is 37.1 Å². The Bertz CT molecular complexity index is 594. The summed E-state index contributed by atoms with van der Waals surface area (Å²) in [6.07, 6.45) is 3.53. The van der Waals surface area contributed by atoms with Crippen LogP contribution in [-0.2, 0) is 4.79 Å². The minimum atomic E-state index is 0.108. The molecule has 0 radical (unpaired) electrons. The quantitative estimate of drug-likeness (QED) is 0.795. The van der Waals surface area contributed by atoms with E-state index in [1.165, 1.54) is 0 Å². The Morgan fingerprint density at radius 2 is 2.10 bits per heavy atom. The molecule has 1 amide bonds. The summed E-state index contributed by atoms with van der Waals surface area (Å²) in [4.78, 5) is 16.1. The van der Waals surface area contributed by atoms with E-state index in [9.17, 15) is 4.79 Å². The minimum absolute atomic E-state index is 0.108. The van der Waals surface area contributed by atoms with Gasteiger partial charge in [0.05, 0.1) is 12.1 Å². The molecule has 0 unspecified atom stereocenters. The maximum atomic E-state index is 11.8. The predicted molar refractivity (Wildman–Crippen MR) is 84.3 cm³/mol. The number of pyridine rings is 1. The van der Waals surface area contributed by atoms with Crippen molar-refractivity contribution in [3.63, 3.8) is 0 Å². The Balaban J connectivity index is 1.81. The smallest absolute Gasteiger partial charge is 0.223 e. The molecule has 1 aromatic heterocycles. The van der Waals surface area contributed by atoms with Gasteiger partial charge in [0.1, 0.15) is 12.4 Å². The van der Waals surface area contributed by atoms with Gasteiger partial charge in [-0.1, -0.05) is 19.9 Å². The second-order valence-corrected chi connectivity index (χ2v) is 5.01. The monoisotopic (exact) mass is 286 g/mol. The third-order valence-corrected chi connectivity index (χ3v) is 3.60. The molecule has 0 bridgehead atoms. The highest BCUT2D eigenvalue weighted by Crippen LogP contribution is 2.18. The number of carbonyl (C=O) groups excluding carboxylic acids is 1. The lowest BCUT2D eigenvalue weighted by molar-refractivity contribution is -0.125. The molecule has 4 heteroatoms. The fraction of sp³-hybridized carbons (Fsp3) is 0.412. The summed E-state index contributed by atoms with van der Waals surface area (Å²) in [6.45, 7) is 5.07. The van der Waals surface area contributed by atoms with Crippen molar-refractivity contribution in [1.82, 2.24) is 10.3 Å². The third-order valence-electron chi connectivity index (χ3n) is 3.60. The Labute approximate surface area is 125 Å². The largest absolute Gasteiger partial charge is 0.492 e. The number of hydrogen-bond donors (Lipinski definition) is 1. The molecule has 0 spiro atoms. The molecule has 0 atom stereocenters. The molecule has 1 N–H and O–H groups in total. The summed E-state index contributed by atoms with van der Waals surface area (Å²) in [5, 5.41) is 3.97. The molecule has 2 rings (SSSR count). The number of amides is 1. The van der Waals surface area contributed by atoms with Crippen LogP contribution in [0.3, 0.4) is 0 Å². The first-order chi connectivity index (χ1) is 10.2. The van der Waals surface area contributed by atoms with Crippen molar-refractivity contribution in [1.29, 1.82) is 0 Å². The Morgan fingerprint density at radius 3 is 2.86 bits per heavy atom. The van der Waals surface area contributed by atoms with Gasteiger partial charge in [0.15, 0.2) is 0 Å². The van der Waals surface area contributed by atoms with Gasteiger partial charge in [0.25, 0.3) is 0 Å². The van der Waals surface area contributed by atoms with Gasteiger partial charge in [-0.25, -0.2) is 0 Å². The van der Waals surface area contributed by atoms with Gasteiger partial charge in [0, 0.05) is 17.5 Å². The molecular formula is C17H22N2O2. The lowest BCUT2D eigenvalue weighted by atomic mass is 10.0. The third kappa shape index (κ3) is 4.18. The van der Waals surface area contributed by atoms with E-state index in [1.807, 2.05) is 44.2 Å². The Kier molecular flexibility index (Phi) is 5.55. The topological polar surface area (TPSA) is 51.2 Å². The zero-order valence-electron chi connectivity index (χ0n) is 12.6. The summed E-state index contributed by atoms with van der Waals surface area (Å²) in [5.74, 6) is 1.02. The zero-order valence-corrected chi connectivity index (χ0v) is 12.6. The molecule has 21 heavy (non-hydrogen) atoms. The molecule has 0 saturated heterocycles. The lowest BCUT2D eigenvalue weighted by Gasteiger charge is -2.13. The van der Waals surface area contributed by atoms with Crippen molar-refractivity contribution in [2.75, 3.05) is 13.2 Å². The van der Waals surface area contributed by atoms with Gasteiger partial charge in [0.2, 0.25) is 5.91 Å². The lowest BCUT2D eigenvalue weighted by Crippen LogP contribution is -2.33. The summed E-state index contributed by atoms with van der Waals surface area (Å²) in [6, 6.07) is 9.71. The van der Waals surface area contributed by atoms with E-state index in [0.717, 1.165) is 29.5 Å². The summed E-state index contributed by atoms with van der Waals surface area (Å²) >= 11 is 0. The van der Waals surface area contributed by atoms with Crippen LogP contribution in [0, 0.1) is 5.92 Å². The molecule has 0 aliphatic rings. The van der Waals surface area contributed by atoms with Crippen LogP contribution in [0.25, 0.3) is 10.9 Å². The molecular weight excluding hydrogens is 264 g/mol. The number of fused-ring (bicyclic) bond motifs is 1. The van der Waals surface area contributed by atoms with Gasteiger partial charge >= 0.3 is 0 Å². The average molecular weight is 286 g/mol. The number of benzene rings is 1. The highest BCUT2D eigenvalue weighted by atomic mass is 16.5. The van der Waals surface area contributed by atoms with Gasteiger partial charge in [-0.2, -0.15) is 0 Å². The molecule has 2 aromatic rings. The molecule has 0 fully saturated rings. The van der Waals surface area contributed by atoms with E-state index in [1.54, 1.807) is 6.20 Å². The van der Waals surface area contributed by atoms with Crippen molar-refractivity contribution in [3.05, 3.63) is 36.5 Å². The molecule has 0 saturated carbocycles. The molecule has 112 valence electrons. The summed E-state index contributed by atoms with van der Waals surface area (Å²) in [7, 11) is 0. The van der Waals surface area contributed by atoms with Crippen LogP contribution in [0.5, 0.6) is 5.75 Å². The highest BCUT2D eigenvalue weighted by Gasteiger charge is 2.12. The predicted octanol–water partition coefficient (Wildman–Crippen LogP) is 3.17. The van der Waals surface area contributed by atoms with Crippen molar-refractivity contribution < 1.29 is 9.53 Å². The molecule has 0 aliphatic heterocycles. The maximum Gasteiger partial charge on any atom is 0.223 e. The van der Waals surface area contributed by atoms with Crippen molar-refractivity contribution in [2.24, 2.45) is 5.92 Å². The maximum absolute atomic E-state index is 11.8. The summed E-state index contributed by atoms with van der Waals surface area (Å²) in [5.41, 5.74) is 0.951. The number of nitrogens with zero attached hydrogens (tertiary/aromatic N) is 1.